The summed E-state index contributed by atoms with van der Waals surface area (Å²) < 4.78 is 0. The fourth-order valence-electron chi connectivity index (χ4n) is 3.55. The zero-order valence-corrected chi connectivity index (χ0v) is 14.4. The van der Waals surface area contributed by atoms with Gasteiger partial charge in [0.15, 0.2) is 5.78 Å². The van der Waals surface area contributed by atoms with Crippen molar-refractivity contribution in [2.45, 2.75) is 38.8 Å². The van der Waals surface area contributed by atoms with Gasteiger partial charge in [-0.15, -0.1) is 0 Å². The Morgan fingerprint density at radius 3 is 2.68 bits per heavy atom. The maximum absolute atomic E-state index is 12.5. The van der Waals surface area contributed by atoms with E-state index in [2.05, 4.69) is 4.90 Å². The van der Waals surface area contributed by atoms with E-state index in [1.54, 1.807) is 13.0 Å². The van der Waals surface area contributed by atoms with E-state index < -0.39 is 0 Å². The summed E-state index contributed by atoms with van der Waals surface area (Å²) in [7, 11) is 0. The van der Waals surface area contributed by atoms with Crippen LogP contribution in [0.1, 0.15) is 40.7 Å². The molecule has 130 valence electrons. The number of aryl methyl sites for hydroxylation is 1. The SMILES string of the molecule is Cc1cc(CN2CCC[C@H]2CC(=O)c2ccccc2)ccc1[N+](=O)[O-]. The molecule has 0 unspecified atom stereocenters. The largest absolute Gasteiger partial charge is 0.296 e. The first kappa shape index (κ1) is 17.3. The number of carbonyl (C=O) groups is 1. The monoisotopic (exact) mass is 338 g/mol. The zero-order valence-electron chi connectivity index (χ0n) is 14.4. The highest BCUT2D eigenvalue weighted by Gasteiger charge is 2.27. The van der Waals surface area contributed by atoms with Gasteiger partial charge in [0.25, 0.3) is 5.69 Å². The number of carbonyl (C=O) groups excluding carboxylic acids is 1. The molecule has 0 bridgehead atoms. The van der Waals surface area contributed by atoms with Crippen LogP contribution in [0.5, 0.6) is 0 Å². The Morgan fingerprint density at radius 2 is 2.00 bits per heavy atom. The highest BCUT2D eigenvalue weighted by molar-refractivity contribution is 5.96. The lowest BCUT2D eigenvalue weighted by Gasteiger charge is -2.24. The van der Waals surface area contributed by atoms with Crippen molar-refractivity contribution < 1.29 is 9.72 Å². The molecule has 1 heterocycles. The second kappa shape index (κ2) is 7.57. The topological polar surface area (TPSA) is 63.5 Å². The van der Waals surface area contributed by atoms with Crippen LogP contribution in [0.3, 0.4) is 0 Å². The summed E-state index contributed by atoms with van der Waals surface area (Å²) in [5, 5.41) is 10.9. The first-order valence-corrected chi connectivity index (χ1v) is 8.61. The van der Waals surface area contributed by atoms with E-state index in [1.807, 2.05) is 42.5 Å². The molecule has 3 rings (SSSR count). The predicted octanol–water partition coefficient (Wildman–Crippen LogP) is 4.14. The molecule has 0 radical (unpaired) electrons. The van der Waals surface area contributed by atoms with E-state index in [4.69, 9.17) is 0 Å². The average molecular weight is 338 g/mol. The van der Waals surface area contributed by atoms with Crippen molar-refractivity contribution >= 4 is 11.5 Å². The first-order valence-electron chi connectivity index (χ1n) is 8.61. The summed E-state index contributed by atoms with van der Waals surface area (Å²) in [5.74, 6) is 0.178. The molecule has 0 aliphatic carbocycles. The van der Waals surface area contributed by atoms with Gasteiger partial charge < -0.3 is 0 Å². The van der Waals surface area contributed by atoms with Gasteiger partial charge in [-0.05, 0) is 37.9 Å². The smallest absolute Gasteiger partial charge is 0.272 e. The van der Waals surface area contributed by atoms with Crippen LogP contribution in [0.4, 0.5) is 5.69 Å². The Kier molecular flexibility index (Phi) is 5.24. The minimum atomic E-state index is -0.351. The molecule has 0 aromatic heterocycles. The number of nitrogens with zero attached hydrogens (tertiary/aromatic N) is 2. The van der Waals surface area contributed by atoms with E-state index in [0.717, 1.165) is 37.1 Å². The van der Waals surface area contributed by atoms with Crippen molar-refractivity contribution in [1.29, 1.82) is 0 Å². The summed E-state index contributed by atoms with van der Waals surface area (Å²) in [6, 6.07) is 14.9. The quantitative estimate of drug-likeness (QED) is 0.451. The summed E-state index contributed by atoms with van der Waals surface area (Å²) >= 11 is 0. The Bertz CT molecular complexity index is 774. The standard InChI is InChI=1S/C20H22N2O3/c1-15-12-16(9-10-19(15)22(24)25)14-21-11-5-8-18(21)13-20(23)17-6-3-2-4-7-17/h2-4,6-7,9-10,12,18H,5,8,11,13-14H2,1H3/t18-/m0/s1. The molecule has 5 heteroatoms. The summed E-state index contributed by atoms with van der Waals surface area (Å²) in [6.45, 7) is 3.45. The number of Topliss-reactive ketones (excluding diaryl/α,β-unsaturated/α-hetero) is 1. The van der Waals surface area contributed by atoms with E-state index in [9.17, 15) is 14.9 Å². The van der Waals surface area contributed by atoms with Crippen LogP contribution in [0.2, 0.25) is 0 Å². The number of nitro benzene ring substituents is 1. The van der Waals surface area contributed by atoms with Crippen LogP contribution in [0.25, 0.3) is 0 Å². The Morgan fingerprint density at radius 1 is 1.24 bits per heavy atom. The molecule has 5 nitrogen and oxygen atoms in total. The number of rotatable bonds is 6. The van der Waals surface area contributed by atoms with Gasteiger partial charge in [0.2, 0.25) is 0 Å². The van der Waals surface area contributed by atoms with Crippen LogP contribution in [0.15, 0.2) is 48.5 Å². The highest BCUT2D eigenvalue weighted by Crippen LogP contribution is 2.26. The molecule has 1 saturated heterocycles. The third-order valence-corrected chi connectivity index (χ3v) is 4.86. The summed E-state index contributed by atoms with van der Waals surface area (Å²) in [4.78, 5) is 25.4. The van der Waals surface area contributed by atoms with E-state index in [1.165, 1.54) is 0 Å². The van der Waals surface area contributed by atoms with E-state index >= 15 is 0 Å². The van der Waals surface area contributed by atoms with Gasteiger partial charge in [0.1, 0.15) is 0 Å². The fraction of sp³-hybridized carbons (Fsp3) is 0.350. The third-order valence-electron chi connectivity index (χ3n) is 4.86. The molecule has 1 fully saturated rings. The van der Waals surface area contributed by atoms with Crippen LogP contribution in [-0.2, 0) is 6.54 Å². The molecule has 1 aliphatic heterocycles. The lowest BCUT2D eigenvalue weighted by molar-refractivity contribution is -0.385. The minimum absolute atomic E-state index is 0.154. The molecular formula is C20H22N2O3. The summed E-state index contributed by atoms with van der Waals surface area (Å²) in [6.07, 6.45) is 2.62. The lowest BCUT2D eigenvalue weighted by atomic mass is 10.0. The van der Waals surface area contributed by atoms with Crippen LogP contribution in [-0.4, -0.2) is 28.2 Å². The minimum Gasteiger partial charge on any atom is -0.296 e. The molecule has 2 aromatic carbocycles. The van der Waals surface area contributed by atoms with Crippen molar-refractivity contribution in [3.63, 3.8) is 0 Å². The molecular weight excluding hydrogens is 316 g/mol. The lowest BCUT2D eigenvalue weighted by Crippen LogP contribution is -2.31. The Labute approximate surface area is 147 Å². The molecule has 0 N–H and O–H groups in total. The van der Waals surface area contributed by atoms with Crippen molar-refractivity contribution in [3.8, 4) is 0 Å². The number of hydrogen-bond acceptors (Lipinski definition) is 4. The van der Waals surface area contributed by atoms with Crippen molar-refractivity contribution in [2.24, 2.45) is 0 Å². The second-order valence-electron chi connectivity index (χ2n) is 6.64. The first-order chi connectivity index (χ1) is 12.0. The normalized spacial score (nSPS) is 17.6. The highest BCUT2D eigenvalue weighted by atomic mass is 16.6. The van der Waals surface area contributed by atoms with Gasteiger partial charge in [-0.2, -0.15) is 0 Å². The molecule has 25 heavy (non-hydrogen) atoms. The molecule has 0 saturated carbocycles. The van der Waals surface area contributed by atoms with Gasteiger partial charge in [0.05, 0.1) is 4.92 Å². The molecule has 0 amide bonds. The van der Waals surface area contributed by atoms with Gasteiger partial charge >= 0.3 is 0 Å². The third kappa shape index (κ3) is 4.12. The molecule has 1 aliphatic rings. The predicted molar refractivity (Wildman–Crippen MR) is 96.7 cm³/mol. The number of benzene rings is 2. The number of hydrogen-bond donors (Lipinski definition) is 0. The average Bonchev–Trinajstić information content (AvgIpc) is 3.02. The van der Waals surface area contributed by atoms with Crippen LogP contribution in [0, 0.1) is 17.0 Å². The zero-order chi connectivity index (χ0) is 17.8. The van der Waals surface area contributed by atoms with Crippen molar-refractivity contribution in [3.05, 3.63) is 75.3 Å². The van der Waals surface area contributed by atoms with E-state index in [0.29, 0.717) is 12.0 Å². The molecule has 0 spiro atoms. The van der Waals surface area contributed by atoms with Gasteiger partial charge in [0, 0.05) is 36.2 Å². The van der Waals surface area contributed by atoms with Gasteiger partial charge in [-0.3, -0.25) is 19.8 Å². The van der Waals surface area contributed by atoms with E-state index in [-0.39, 0.29) is 22.4 Å². The van der Waals surface area contributed by atoms with Crippen molar-refractivity contribution in [2.75, 3.05) is 6.54 Å². The van der Waals surface area contributed by atoms with Crippen LogP contribution >= 0.6 is 0 Å². The maximum Gasteiger partial charge on any atom is 0.272 e. The molecule has 1 atom stereocenters. The Balaban J connectivity index is 1.67. The molecule has 2 aromatic rings. The fourth-order valence-corrected chi connectivity index (χ4v) is 3.55. The van der Waals surface area contributed by atoms with Gasteiger partial charge in [-0.25, -0.2) is 0 Å². The number of ketones is 1. The number of likely N-dealkylation sites (tertiary alicyclic amines) is 1. The van der Waals surface area contributed by atoms with Gasteiger partial charge in [-0.1, -0.05) is 36.4 Å². The second-order valence-corrected chi connectivity index (χ2v) is 6.64. The maximum atomic E-state index is 12.5. The van der Waals surface area contributed by atoms with Crippen molar-refractivity contribution in [1.82, 2.24) is 4.90 Å². The Hall–Kier alpha value is -2.53. The van der Waals surface area contributed by atoms with Crippen LogP contribution < -0.4 is 0 Å². The summed E-state index contributed by atoms with van der Waals surface area (Å²) in [5.41, 5.74) is 2.65. The number of nitro groups is 1.